The van der Waals surface area contributed by atoms with Crippen LogP contribution in [-0.2, 0) is 4.79 Å². The smallest absolute Gasteiger partial charge is 0.228 e. The first kappa shape index (κ1) is 11.4. The minimum atomic E-state index is -0.0872. The van der Waals surface area contributed by atoms with Gasteiger partial charge in [-0.3, -0.25) is 4.79 Å². The van der Waals surface area contributed by atoms with Crippen molar-refractivity contribution in [2.24, 2.45) is 5.73 Å². The van der Waals surface area contributed by atoms with Crippen molar-refractivity contribution in [2.45, 2.75) is 19.4 Å². The van der Waals surface area contributed by atoms with Crippen LogP contribution in [0.15, 0.2) is 16.6 Å². The van der Waals surface area contributed by atoms with Crippen molar-refractivity contribution in [1.82, 2.24) is 0 Å². The number of carbonyl (C=O) groups excluding carboxylic acids is 1. The largest absolute Gasteiger partial charge is 0.397 e. The fourth-order valence-electron chi connectivity index (χ4n) is 1.88. The zero-order chi connectivity index (χ0) is 11.9. The second kappa shape index (κ2) is 4.07. The molecule has 1 unspecified atom stereocenters. The first-order valence-corrected chi connectivity index (χ1v) is 5.90. The highest BCUT2D eigenvalue weighted by atomic mass is 79.9. The van der Waals surface area contributed by atoms with Crippen molar-refractivity contribution >= 4 is 33.2 Å². The van der Waals surface area contributed by atoms with Crippen LogP contribution in [0.5, 0.6) is 0 Å². The Labute approximate surface area is 103 Å². The highest BCUT2D eigenvalue weighted by Crippen LogP contribution is 2.32. The fourth-order valence-corrected chi connectivity index (χ4v) is 2.24. The summed E-state index contributed by atoms with van der Waals surface area (Å²) in [5.41, 5.74) is 14.1. The molecule has 0 radical (unpaired) electrons. The molecule has 5 heteroatoms. The second-order valence-electron chi connectivity index (χ2n) is 4.13. The summed E-state index contributed by atoms with van der Waals surface area (Å²) in [6.45, 7) is 2.51. The van der Waals surface area contributed by atoms with Gasteiger partial charge in [0.15, 0.2) is 0 Å². The molecular formula is C11H14BrN3O. The first-order chi connectivity index (χ1) is 7.49. The average Bonchev–Trinajstić information content (AvgIpc) is 2.51. The highest BCUT2D eigenvalue weighted by Gasteiger charge is 2.29. The van der Waals surface area contributed by atoms with Gasteiger partial charge in [0, 0.05) is 23.5 Å². The molecule has 2 rings (SSSR count). The third kappa shape index (κ3) is 1.92. The highest BCUT2D eigenvalue weighted by molar-refractivity contribution is 9.10. The number of anilines is 2. The number of rotatable bonds is 1. The number of nitrogens with zero attached hydrogens (tertiary/aromatic N) is 1. The fraction of sp³-hybridized carbons (Fsp3) is 0.364. The topological polar surface area (TPSA) is 72.3 Å². The van der Waals surface area contributed by atoms with Gasteiger partial charge in [-0.2, -0.15) is 0 Å². The number of halogens is 1. The molecule has 1 aliphatic heterocycles. The molecular weight excluding hydrogens is 270 g/mol. The second-order valence-corrected chi connectivity index (χ2v) is 4.98. The average molecular weight is 284 g/mol. The van der Waals surface area contributed by atoms with Gasteiger partial charge >= 0.3 is 0 Å². The molecule has 1 saturated heterocycles. The van der Waals surface area contributed by atoms with E-state index in [9.17, 15) is 4.79 Å². The van der Waals surface area contributed by atoms with Crippen LogP contribution >= 0.6 is 15.9 Å². The Bertz CT molecular complexity index is 447. The molecule has 1 heterocycles. The van der Waals surface area contributed by atoms with Crippen molar-refractivity contribution in [2.75, 3.05) is 17.2 Å². The van der Waals surface area contributed by atoms with E-state index in [0.717, 1.165) is 15.7 Å². The number of benzene rings is 1. The zero-order valence-electron chi connectivity index (χ0n) is 9.03. The first-order valence-electron chi connectivity index (χ1n) is 5.10. The van der Waals surface area contributed by atoms with Gasteiger partial charge < -0.3 is 16.4 Å². The number of nitrogen functional groups attached to an aromatic ring is 1. The summed E-state index contributed by atoms with van der Waals surface area (Å²) in [7, 11) is 0. The summed E-state index contributed by atoms with van der Waals surface area (Å²) < 4.78 is 0.949. The monoisotopic (exact) mass is 283 g/mol. The van der Waals surface area contributed by atoms with Gasteiger partial charge in [-0.15, -0.1) is 0 Å². The van der Waals surface area contributed by atoms with Crippen molar-refractivity contribution < 1.29 is 4.79 Å². The van der Waals surface area contributed by atoms with E-state index in [2.05, 4.69) is 15.9 Å². The van der Waals surface area contributed by atoms with Crippen molar-refractivity contribution in [1.29, 1.82) is 0 Å². The number of hydrogen-bond acceptors (Lipinski definition) is 3. The lowest BCUT2D eigenvalue weighted by molar-refractivity contribution is -0.117. The maximum Gasteiger partial charge on any atom is 0.228 e. The van der Waals surface area contributed by atoms with Crippen LogP contribution < -0.4 is 16.4 Å². The SMILES string of the molecule is Cc1cc(N2CC(N)CC2=O)c(N)cc1Br. The summed E-state index contributed by atoms with van der Waals surface area (Å²) in [4.78, 5) is 13.4. The van der Waals surface area contributed by atoms with Gasteiger partial charge in [0.2, 0.25) is 5.91 Å². The lowest BCUT2D eigenvalue weighted by Gasteiger charge is -2.19. The van der Waals surface area contributed by atoms with Gasteiger partial charge in [-0.05, 0) is 24.6 Å². The van der Waals surface area contributed by atoms with Crippen molar-refractivity contribution in [3.63, 3.8) is 0 Å². The summed E-state index contributed by atoms with van der Waals surface area (Å²) in [5.74, 6) is 0.0425. The molecule has 1 aromatic rings. The molecule has 4 N–H and O–H groups in total. The molecule has 1 aromatic carbocycles. The van der Waals surface area contributed by atoms with Crippen LogP contribution in [0.3, 0.4) is 0 Å². The summed E-state index contributed by atoms with van der Waals surface area (Å²) in [5, 5.41) is 0. The van der Waals surface area contributed by atoms with Gasteiger partial charge in [-0.1, -0.05) is 15.9 Å². The van der Waals surface area contributed by atoms with E-state index in [1.165, 1.54) is 0 Å². The Kier molecular flexibility index (Phi) is 2.90. The number of nitrogens with two attached hydrogens (primary N) is 2. The molecule has 86 valence electrons. The van der Waals surface area contributed by atoms with Crippen LogP contribution in [0.4, 0.5) is 11.4 Å². The molecule has 1 aliphatic rings. The van der Waals surface area contributed by atoms with E-state index in [1.54, 1.807) is 4.90 Å². The zero-order valence-corrected chi connectivity index (χ0v) is 10.6. The number of amides is 1. The Morgan fingerprint density at radius 1 is 1.50 bits per heavy atom. The van der Waals surface area contributed by atoms with E-state index in [4.69, 9.17) is 11.5 Å². The van der Waals surface area contributed by atoms with E-state index in [0.29, 0.717) is 18.7 Å². The minimum absolute atomic E-state index is 0.0425. The standard InChI is InChI=1S/C11H14BrN3O/c1-6-2-10(9(14)4-8(6)12)15-5-7(13)3-11(15)16/h2,4,7H,3,5,13-14H2,1H3. The van der Waals surface area contributed by atoms with E-state index in [1.807, 2.05) is 19.1 Å². The molecule has 4 nitrogen and oxygen atoms in total. The lowest BCUT2D eigenvalue weighted by atomic mass is 10.2. The molecule has 0 spiro atoms. The van der Waals surface area contributed by atoms with Crippen LogP contribution in [-0.4, -0.2) is 18.5 Å². The van der Waals surface area contributed by atoms with Crippen LogP contribution in [0.2, 0.25) is 0 Å². The van der Waals surface area contributed by atoms with E-state index >= 15 is 0 Å². The lowest BCUT2D eigenvalue weighted by Crippen LogP contribution is -2.28. The molecule has 1 fully saturated rings. The Balaban J connectivity index is 2.41. The Morgan fingerprint density at radius 3 is 2.75 bits per heavy atom. The van der Waals surface area contributed by atoms with Gasteiger partial charge in [0.05, 0.1) is 11.4 Å². The molecule has 0 aromatic heterocycles. The van der Waals surface area contributed by atoms with Gasteiger partial charge in [0.1, 0.15) is 0 Å². The molecule has 0 saturated carbocycles. The Hall–Kier alpha value is -1.07. The normalized spacial score (nSPS) is 20.6. The van der Waals surface area contributed by atoms with Crippen LogP contribution in [0.25, 0.3) is 0 Å². The minimum Gasteiger partial charge on any atom is -0.397 e. The summed E-state index contributed by atoms with van der Waals surface area (Å²) in [6.07, 6.45) is 0.397. The van der Waals surface area contributed by atoms with Gasteiger partial charge in [-0.25, -0.2) is 0 Å². The maximum absolute atomic E-state index is 11.7. The summed E-state index contributed by atoms with van der Waals surface area (Å²) in [6, 6.07) is 3.65. The quantitative estimate of drug-likeness (QED) is 0.766. The predicted octanol–water partition coefficient (Wildman–Crippen LogP) is 1.40. The van der Waals surface area contributed by atoms with Crippen molar-refractivity contribution in [3.8, 4) is 0 Å². The van der Waals surface area contributed by atoms with Crippen LogP contribution in [0, 0.1) is 6.92 Å². The molecule has 1 atom stereocenters. The third-order valence-corrected chi connectivity index (χ3v) is 3.61. The van der Waals surface area contributed by atoms with Crippen molar-refractivity contribution in [3.05, 3.63) is 22.2 Å². The number of carbonyl (C=O) groups is 1. The molecule has 0 bridgehead atoms. The van der Waals surface area contributed by atoms with E-state index < -0.39 is 0 Å². The van der Waals surface area contributed by atoms with Gasteiger partial charge in [0.25, 0.3) is 0 Å². The van der Waals surface area contributed by atoms with Crippen LogP contribution in [0.1, 0.15) is 12.0 Å². The maximum atomic E-state index is 11.7. The molecule has 0 aliphatic carbocycles. The number of aryl methyl sites for hydroxylation is 1. The third-order valence-electron chi connectivity index (χ3n) is 2.75. The predicted molar refractivity (Wildman–Crippen MR) is 68.2 cm³/mol. The van der Waals surface area contributed by atoms with E-state index in [-0.39, 0.29) is 11.9 Å². The molecule has 1 amide bonds. The Morgan fingerprint density at radius 2 is 2.19 bits per heavy atom. The number of hydrogen-bond donors (Lipinski definition) is 2. The summed E-state index contributed by atoms with van der Waals surface area (Å²) >= 11 is 3.41. The molecule has 16 heavy (non-hydrogen) atoms.